The number of thiophene rings is 1. The van der Waals surface area contributed by atoms with Gasteiger partial charge in [0.2, 0.25) is 17.7 Å². The van der Waals surface area contributed by atoms with Crippen LogP contribution in [0.1, 0.15) is 41.4 Å². The molecular weight excluding hydrogens is 490 g/mol. The minimum atomic E-state index is -0.326. The number of aromatic nitrogens is 1. The molecule has 3 aliphatic heterocycles. The van der Waals surface area contributed by atoms with Gasteiger partial charge in [0.05, 0.1) is 16.9 Å². The molecule has 2 bridgehead atoms. The van der Waals surface area contributed by atoms with Gasteiger partial charge in [0, 0.05) is 34.0 Å². The van der Waals surface area contributed by atoms with E-state index in [4.69, 9.17) is 0 Å². The highest BCUT2D eigenvalue weighted by atomic mass is 32.2. The number of H-pyrrole nitrogens is 1. The zero-order valence-corrected chi connectivity index (χ0v) is 20.9. The SMILES string of the molecule is O=C(CN1C(=O)C2C3CC(C2C1=O)C1C(c2cccs2)c2sc(=O)[nH]c2SC31)N1CCCCC1. The van der Waals surface area contributed by atoms with Gasteiger partial charge < -0.3 is 9.88 Å². The lowest BCUT2D eigenvalue weighted by molar-refractivity contribution is -0.147. The fraction of sp³-hybridized carbons (Fsp3) is 0.583. The zero-order chi connectivity index (χ0) is 23.1. The van der Waals surface area contributed by atoms with Crippen molar-refractivity contribution < 1.29 is 14.4 Å². The summed E-state index contributed by atoms with van der Waals surface area (Å²) in [5, 5.41) is 3.20. The van der Waals surface area contributed by atoms with Crippen LogP contribution in [-0.4, -0.2) is 57.4 Å². The number of fused-ring (bicyclic) bond motifs is 9. The van der Waals surface area contributed by atoms with E-state index in [9.17, 15) is 19.2 Å². The number of carbonyl (C=O) groups is 3. The number of imide groups is 1. The monoisotopic (exact) mass is 515 g/mol. The Hall–Kier alpha value is -1.91. The Balaban J connectivity index is 1.21. The average molecular weight is 516 g/mol. The fourth-order valence-electron chi connectivity index (χ4n) is 7.40. The maximum Gasteiger partial charge on any atom is 0.305 e. The van der Waals surface area contributed by atoms with Crippen LogP contribution in [0.25, 0.3) is 0 Å². The highest BCUT2D eigenvalue weighted by molar-refractivity contribution is 8.00. The Labute approximate surface area is 208 Å². The number of nitrogens with zero attached hydrogens (tertiary/aromatic N) is 2. The predicted molar refractivity (Wildman–Crippen MR) is 130 cm³/mol. The first-order valence-electron chi connectivity index (χ1n) is 12.1. The number of likely N-dealkylation sites (tertiary alicyclic amines) is 2. The molecule has 10 heteroatoms. The van der Waals surface area contributed by atoms with Crippen molar-refractivity contribution in [2.24, 2.45) is 29.6 Å². The number of thiazole rings is 1. The molecule has 0 aromatic carbocycles. The number of hydrogen-bond acceptors (Lipinski definition) is 7. The number of carbonyl (C=O) groups excluding carboxylic acids is 3. The van der Waals surface area contributed by atoms with Crippen molar-refractivity contribution in [3.63, 3.8) is 0 Å². The minimum absolute atomic E-state index is 0.0406. The van der Waals surface area contributed by atoms with Gasteiger partial charge in [-0.15, -0.1) is 23.1 Å². The van der Waals surface area contributed by atoms with Crippen LogP contribution in [0, 0.1) is 29.6 Å². The van der Waals surface area contributed by atoms with Crippen molar-refractivity contribution in [2.75, 3.05) is 19.6 Å². The number of amides is 3. The van der Waals surface area contributed by atoms with Crippen molar-refractivity contribution in [2.45, 2.75) is 41.9 Å². The maximum atomic E-state index is 13.6. The van der Waals surface area contributed by atoms with E-state index in [0.717, 1.165) is 48.7 Å². The standard InChI is InChI=1S/C24H25N3O4S3/c28-14(26-6-2-1-3-7-26)10-27-22(29)16-11-9-12(17(16)23(27)30)19-15(11)18(13-5-4-8-32-13)20-21(33-19)25-24(31)34-20/h4-5,8,11-12,15-19H,1-3,6-7,9-10H2,(H,25,31). The normalized spacial score (nSPS) is 36.1. The first-order valence-corrected chi connectivity index (χ1v) is 14.7. The van der Waals surface area contributed by atoms with Gasteiger partial charge in [0.15, 0.2) is 0 Å². The Morgan fingerprint density at radius 3 is 2.56 bits per heavy atom. The van der Waals surface area contributed by atoms with Gasteiger partial charge in [0.1, 0.15) is 6.54 Å². The van der Waals surface area contributed by atoms with Gasteiger partial charge in [-0.1, -0.05) is 17.4 Å². The van der Waals surface area contributed by atoms with Crippen LogP contribution >= 0.6 is 34.4 Å². The third-order valence-electron chi connectivity index (χ3n) is 8.67. The molecule has 4 fully saturated rings. The summed E-state index contributed by atoms with van der Waals surface area (Å²) in [7, 11) is 0. The maximum absolute atomic E-state index is 13.6. The van der Waals surface area contributed by atoms with Gasteiger partial charge in [0.25, 0.3) is 0 Å². The van der Waals surface area contributed by atoms with Crippen LogP contribution in [0.5, 0.6) is 0 Å². The van der Waals surface area contributed by atoms with Crippen LogP contribution in [0.15, 0.2) is 27.3 Å². The molecule has 0 radical (unpaired) electrons. The van der Waals surface area contributed by atoms with Crippen molar-refractivity contribution in [1.29, 1.82) is 0 Å². The lowest BCUT2D eigenvalue weighted by atomic mass is 9.69. The van der Waals surface area contributed by atoms with Gasteiger partial charge in [-0.05, 0) is 54.9 Å². The average Bonchev–Trinajstić information content (AvgIpc) is 3.65. The molecule has 2 saturated heterocycles. The topological polar surface area (TPSA) is 90.5 Å². The molecule has 7 rings (SSSR count). The van der Waals surface area contributed by atoms with Crippen LogP contribution in [0.4, 0.5) is 0 Å². The van der Waals surface area contributed by atoms with E-state index < -0.39 is 0 Å². The van der Waals surface area contributed by atoms with E-state index in [1.54, 1.807) is 23.1 Å². The third kappa shape index (κ3) is 2.94. The second-order valence-electron chi connectivity index (χ2n) is 10.2. The van der Waals surface area contributed by atoms with Gasteiger partial charge >= 0.3 is 4.87 Å². The third-order valence-corrected chi connectivity index (χ3v) is 12.2. The van der Waals surface area contributed by atoms with Crippen molar-refractivity contribution in [1.82, 2.24) is 14.8 Å². The first kappa shape index (κ1) is 21.4. The van der Waals surface area contributed by atoms with E-state index in [-0.39, 0.29) is 69.9 Å². The first-order chi connectivity index (χ1) is 16.5. The summed E-state index contributed by atoms with van der Waals surface area (Å²) < 4.78 is 0. The Bertz CT molecular complexity index is 1230. The summed E-state index contributed by atoms with van der Waals surface area (Å²) in [6.45, 7) is 1.33. The van der Waals surface area contributed by atoms with Crippen molar-refractivity contribution >= 4 is 52.2 Å². The molecule has 0 spiro atoms. The van der Waals surface area contributed by atoms with E-state index >= 15 is 0 Å². The molecule has 1 N–H and O–H groups in total. The van der Waals surface area contributed by atoms with Crippen LogP contribution in [-0.2, 0) is 14.4 Å². The summed E-state index contributed by atoms with van der Waals surface area (Å²) in [5.41, 5.74) is 0. The predicted octanol–water partition coefficient (Wildman–Crippen LogP) is 2.98. The van der Waals surface area contributed by atoms with E-state index in [1.165, 1.54) is 21.1 Å². The van der Waals surface area contributed by atoms with Crippen LogP contribution < -0.4 is 4.87 Å². The molecule has 5 aliphatic rings. The number of rotatable bonds is 3. The molecule has 5 heterocycles. The molecule has 178 valence electrons. The van der Waals surface area contributed by atoms with E-state index in [1.807, 2.05) is 11.0 Å². The molecule has 7 atom stereocenters. The summed E-state index contributed by atoms with van der Waals surface area (Å²) in [5.74, 6) is -0.511. The summed E-state index contributed by atoms with van der Waals surface area (Å²) in [6, 6.07) is 4.17. The lowest BCUT2D eigenvalue weighted by Gasteiger charge is -2.42. The number of aromatic amines is 1. The molecule has 2 aromatic heterocycles. The second-order valence-corrected chi connectivity index (χ2v) is 13.4. The zero-order valence-electron chi connectivity index (χ0n) is 18.5. The van der Waals surface area contributed by atoms with Crippen molar-refractivity contribution in [3.8, 4) is 0 Å². The fourth-order valence-corrected chi connectivity index (χ4v) is 11.2. The van der Waals surface area contributed by atoms with Crippen LogP contribution in [0.3, 0.4) is 0 Å². The summed E-state index contributed by atoms with van der Waals surface area (Å²) in [4.78, 5) is 60.6. The van der Waals surface area contributed by atoms with Crippen LogP contribution in [0.2, 0.25) is 0 Å². The quantitative estimate of drug-likeness (QED) is 0.635. The highest BCUT2D eigenvalue weighted by Crippen LogP contribution is 2.68. The minimum Gasteiger partial charge on any atom is -0.341 e. The largest absolute Gasteiger partial charge is 0.341 e. The molecule has 34 heavy (non-hydrogen) atoms. The molecular formula is C24H25N3O4S3. The molecule has 7 nitrogen and oxygen atoms in total. The summed E-state index contributed by atoms with van der Waals surface area (Å²) >= 11 is 4.69. The van der Waals surface area contributed by atoms with Gasteiger partial charge in [-0.2, -0.15) is 0 Å². The van der Waals surface area contributed by atoms with Gasteiger partial charge in [-0.3, -0.25) is 24.1 Å². The smallest absolute Gasteiger partial charge is 0.305 e. The summed E-state index contributed by atoms with van der Waals surface area (Å²) in [6.07, 6.45) is 3.98. The number of nitrogens with one attached hydrogen (secondary N) is 1. The lowest BCUT2D eigenvalue weighted by Crippen LogP contribution is -2.45. The second kappa shape index (κ2) is 7.80. The molecule has 3 amide bonds. The van der Waals surface area contributed by atoms with E-state index in [0.29, 0.717) is 0 Å². The molecule has 2 aromatic rings. The van der Waals surface area contributed by atoms with Crippen molar-refractivity contribution in [3.05, 3.63) is 36.9 Å². The number of thioether (sulfide) groups is 1. The van der Waals surface area contributed by atoms with E-state index in [2.05, 4.69) is 16.4 Å². The molecule has 2 aliphatic carbocycles. The Morgan fingerprint density at radius 1 is 1.06 bits per heavy atom. The number of piperidine rings is 1. The van der Waals surface area contributed by atoms with Gasteiger partial charge in [-0.25, -0.2) is 0 Å². The molecule has 7 unspecified atom stereocenters. The molecule has 2 saturated carbocycles. The Kier molecular flexibility index (Phi) is 4.90. The number of hydrogen-bond donors (Lipinski definition) is 1. The highest BCUT2D eigenvalue weighted by Gasteiger charge is 2.69. The Morgan fingerprint density at radius 2 is 1.82 bits per heavy atom.